The fraction of sp³-hybridized carbons (Fsp3) is 0.875. The van der Waals surface area contributed by atoms with E-state index < -0.39 is 30.8 Å². The Bertz CT molecular complexity index is 239. The molecule has 0 rings (SSSR count). The third-order valence-electron chi connectivity index (χ3n) is 0.795. The molecule has 0 aliphatic rings. The number of carbonyl (C=O) groups is 1. The van der Waals surface area contributed by atoms with Gasteiger partial charge in [-0.1, -0.05) is 0 Å². The van der Waals surface area contributed by atoms with Crippen LogP contribution >= 0.6 is 0 Å². The molecular weight excluding hydrogens is 142 g/mol. The van der Waals surface area contributed by atoms with Crippen molar-refractivity contribution in [1.29, 1.82) is 0 Å². The molecule has 3 heteroatoms. The zero-order valence-electron chi connectivity index (χ0n) is 11.0. The Balaban J connectivity index is 4.65. The molecule has 0 aromatic carbocycles. The Morgan fingerprint density at radius 2 is 2.18 bits per heavy atom. The molecule has 2 N–H and O–H groups in total. The Morgan fingerprint density at radius 1 is 1.64 bits per heavy atom. The Kier molecular flexibility index (Phi) is 2.03. The number of hydrogen-bond acceptors (Lipinski definition) is 2. The van der Waals surface area contributed by atoms with Crippen molar-refractivity contribution in [1.82, 2.24) is 5.32 Å². The van der Waals surface area contributed by atoms with Gasteiger partial charge in [0.1, 0.15) is 0 Å². The summed E-state index contributed by atoms with van der Waals surface area (Å²) in [5, 5.41) is 11.1. The van der Waals surface area contributed by atoms with Crippen molar-refractivity contribution < 1.29 is 15.4 Å². The lowest BCUT2D eigenvalue weighted by atomic mass is 10.1. The van der Waals surface area contributed by atoms with E-state index in [-0.39, 0.29) is 0 Å². The van der Waals surface area contributed by atoms with E-state index in [0.717, 1.165) is 0 Å². The van der Waals surface area contributed by atoms with Crippen LogP contribution in [0.15, 0.2) is 0 Å². The second kappa shape index (κ2) is 4.34. The standard InChI is InChI=1S/C8H17NO2/c1-8(2,3)9-6-4-5-7(10)11/h9H,4-6H2,1-3H3,(H,10,11)/i4D2,5D,6D. The lowest BCUT2D eigenvalue weighted by molar-refractivity contribution is -0.137. The molecule has 0 aromatic heterocycles. The van der Waals surface area contributed by atoms with Gasteiger partial charge in [-0.2, -0.15) is 0 Å². The number of nitrogens with one attached hydrogen (secondary N) is 1. The number of carboxylic acids is 1. The van der Waals surface area contributed by atoms with Crippen LogP contribution in [-0.2, 0) is 4.79 Å². The lowest BCUT2D eigenvalue weighted by Crippen LogP contribution is -2.36. The first-order chi connectivity index (χ1) is 6.48. The van der Waals surface area contributed by atoms with Crippen LogP contribution in [0.1, 0.15) is 39.0 Å². The second-order valence-electron chi connectivity index (χ2n) is 3.19. The minimum Gasteiger partial charge on any atom is -0.481 e. The van der Waals surface area contributed by atoms with Gasteiger partial charge in [0.25, 0.3) is 0 Å². The SMILES string of the molecule is [2H]C(NC(C)(C)C)C([2H])([2H])C([2H])C(=O)O. The van der Waals surface area contributed by atoms with Crippen LogP contribution in [0, 0.1) is 0 Å². The van der Waals surface area contributed by atoms with Crippen molar-refractivity contribution >= 4 is 5.97 Å². The summed E-state index contributed by atoms with van der Waals surface area (Å²) in [6, 6.07) is 0. The maximum Gasteiger partial charge on any atom is 0.303 e. The van der Waals surface area contributed by atoms with Crippen molar-refractivity contribution in [2.45, 2.75) is 39.1 Å². The maximum atomic E-state index is 10.5. The van der Waals surface area contributed by atoms with E-state index in [1.165, 1.54) is 0 Å². The zero-order valence-corrected chi connectivity index (χ0v) is 7.01. The number of carboxylic acid groups (broad SMARTS) is 1. The first-order valence-corrected chi connectivity index (χ1v) is 3.33. The minimum absolute atomic E-state index is 0.502. The highest BCUT2D eigenvalue weighted by atomic mass is 16.4. The van der Waals surface area contributed by atoms with Gasteiger partial charge in [-0.15, -0.1) is 0 Å². The molecule has 0 aliphatic heterocycles. The lowest BCUT2D eigenvalue weighted by Gasteiger charge is -2.19. The number of rotatable bonds is 4. The van der Waals surface area contributed by atoms with Crippen LogP contribution in [0.2, 0.25) is 0 Å². The molecule has 0 saturated carbocycles. The first kappa shape index (κ1) is 5.14. The van der Waals surface area contributed by atoms with Gasteiger partial charge in [-0.25, -0.2) is 0 Å². The van der Waals surface area contributed by atoms with Gasteiger partial charge in [0.2, 0.25) is 0 Å². The molecule has 0 aromatic rings. The average molecular weight is 163 g/mol. The first-order valence-electron chi connectivity index (χ1n) is 5.49. The van der Waals surface area contributed by atoms with Crippen LogP contribution < -0.4 is 5.32 Å². The van der Waals surface area contributed by atoms with Crippen molar-refractivity contribution in [3.05, 3.63) is 0 Å². The maximum absolute atomic E-state index is 10.5. The predicted molar refractivity (Wildman–Crippen MR) is 44.6 cm³/mol. The predicted octanol–water partition coefficient (Wildman–Crippen LogP) is 1.24. The van der Waals surface area contributed by atoms with Gasteiger partial charge in [0, 0.05) is 17.4 Å². The summed E-state index contributed by atoms with van der Waals surface area (Å²) in [5.74, 6) is -1.56. The largest absolute Gasteiger partial charge is 0.481 e. The molecular formula is C8H17NO2. The molecule has 0 saturated heterocycles. The van der Waals surface area contributed by atoms with E-state index in [1.807, 2.05) is 0 Å². The molecule has 66 valence electrons. The molecule has 2 atom stereocenters. The summed E-state index contributed by atoms with van der Waals surface area (Å²) in [7, 11) is 0. The molecule has 11 heavy (non-hydrogen) atoms. The number of aliphatic carboxylic acids is 1. The van der Waals surface area contributed by atoms with Gasteiger partial charge in [0.15, 0.2) is 0 Å². The molecule has 0 fully saturated rings. The average Bonchev–Trinajstić information content (AvgIpc) is 1.99. The van der Waals surface area contributed by atoms with Crippen molar-refractivity contribution in [3.63, 3.8) is 0 Å². The van der Waals surface area contributed by atoms with Crippen molar-refractivity contribution in [2.24, 2.45) is 0 Å². The van der Waals surface area contributed by atoms with Gasteiger partial charge in [-0.3, -0.25) is 4.79 Å². The summed E-state index contributed by atoms with van der Waals surface area (Å²) in [6.07, 6.45) is -4.39. The summed E-state index contributed by atoms with van der Waals surface area (Å²) >= 11 is 0. The fourth-order valence-electron chi connectivity index (χ4n) is 0.371. The molecule has 0 amide bonds. The minimum atomic E-state index is -2.43. The van der Waals surface area contributed by atoms with E-state index in [1.54, 1.807) is 20.8 Å². The molecule has 3 nitrogen and oxygen atoms in total. The highest BCUT2D eigenvalue weighted by molar-refractivity contribution is 5.66. The Morgan fingerprint density at radius 3 is 2.55 bits per heavy atom. The smallest absolute Gasteiger partial charge is 0.303 e. The second-order valence-corrected chi connectivity index (χ2v) is 3.19. The molecule has 0 heterocycles. The van der Waals surface area contributed by atoms with E-state index >= 15 is 0 Å². The fourth-order valence-corrected chi connectivity index (χ4v) is 0.371. The van der Waals surface area contributed by atoms with E-state index in [0.29, 0.717) is 0 Å². The zero-order chi connectivity index (χ0) is 12.4. The van der Waals surface area contributed by atoms with Crippen LogP contribution in [0.5, 0.6) is 0 Å². The van der Waals surface area contributed by atoms with Crippen molar-refractivity contribution in [3.8, 4) is 0 Å². The van der Waals surface area contributed by atoms with E-state index in [4.69, 9.17) is 10.6 Å². The van der Waals surface area contributed by atoms with Gasteiger partial charge >= 0.3 is 5.97 Å². The summed E-state index contributed by atoms with van der Waals surface area (Å²) in [4.78, 5) is 10.5. The molecule has 0 bridgehead atoms. The normalized spacial score (nSPS) is 23.9. The number of hydrogen-bond donors (Lipinski definition) is 2. The topological polar surface area (TPSA) is 49.3 Å². The molecule has 0 radical (unpaired) electrons. The summed E-state index contributed by atoms with van der Waals surface area (Å²) in [5.41, 5.74) is -0.502. The van der Waals surface area contributed by atoms with Gasteiger partial charge in [0.05, 0.1) is 0 Å². The molecule has 0 aliphatic carbocycles. The van der Waals surface area contributed by atoms with E-state index in [2.05, 4.69) is 5.32 Å². The molecule has 0 spiro atoms. The van der Waals surface area contributed by atoms with Crippen molar-refractivity contribution in [2.75, 3.05) is 6.52 Å². The Hall–Kier alpha value is -0.570. The van der Waals surface area contributed by atoms with E-state index in [9.17, 15) is 4.79 Å². The van der Waals surface area contributed by atoms with Gasteiger partial charge < -0.3 is 10.4 Å². The third kappa shape index (κ3) is 9.43. The van der Waals surface area contributed by atoms with Crippen LogP contribution in [0.25, 0.3) is 0 Å². The third-order valence-corrected chi connectivity index (χ3v) is 0.795. The summed E-state index contributed by atoms with van der Waals surface area (Å²) in [6.45, 7) is 3.77. The highest BCUT2D eigenvalue weighted by Gasteiger charge is 2.07. The molecule has 2 unspecified atom stereocenters. The Labute approximate surface area is 73.4 Å². The van der Waals surface area contributed by atoms with Crippen LogP contribution in [-0.4, -0.2) is 23.1 Å². The summed E-state index contributed by atoms with van der Waals surface area (Å²) < 4.78 is 29.4. The van der Waals surface area contributed by atoms with Crippen LogP contribution in [0.3, 0.4) is 0 Å². The quantitative estimate of drug-likeness (QED) is 0.655. The monoisotopic (exact) mass is 163 g/mol. The highest BCUT2D eigenvalue weighted by Crippen LogP contribution is 1.98. The van der Waals surface area contributed by atoms with Crippen LogP contribution in [0.4, 0.5) is 0 Å². The van der Waals surface area contributed by atoms with Gasteiger partial charge in [-0.05, 0) is 33.7 Å².